The SMILES string of the molecule is N#Cc1c(N)[nH]c(=O)c(C#N)c1-c1ccc(-c2noc(COc3ccc(F)cc3)n2)cc1. The van der Waals surface area contributed by atoms with Gasteiger partial charge in [-0.15, -0.1) is 0 Å². The summed E-state index contributed by atoms with van der Waals surface area (Å²) in [5, 5.41) is 22.7. The third kappa shape index (κ3) is 3.88. The average molecular weight is 428 g/mol. The maximum atomic E-state index is 13.0. The quantitative estimate of drug-likeness (QED) is 0.491. The molecule has 2 heterocycles. The van der Waals surface area contributed by atoms with Gasteiger partial charge in [0.1, 0.15) is 40.6 Å². The van der Waals surface area contributed by atoms with E-state index in [1.165, 1.54) is 24.3 Å². The van der Waals surface area contributed by atoms with Gasteiger partial charge in [-0.3, -0.25) is 4.79 Å². The fourth-order valence-corrected chi connectivity index (χ4v) is 3.02. The van der Waals surface area contributed by atoms with Gasteiger partial charge in [0.2, 0.25) is 5.82 Å². The second kappa shape index (κ2) is 8.42. The van der Waals surface area contributed by atoms with Crippen LogP contribution in [0.25, 0.3) is 22.5 Å². The highest BCUT2D eigenvalue weighted by Gasteiger charge is 2.18. The number of hydrogen-bond donors (Lipinski definition) is 2. The van der Waals surface area contributed by atoms with Gasteiger partial charge >= 0.3 is 0 Å². The lowest BCUT2D eigenvalue weighted by Gasteiger charge is -2.09. The first kappa shape index (κ1) is 20.3. The Morgan fingerprint density at radius 2 is 1.69 bits per heavy atom. The number of pyridine rings is 1. The summed E-state index contributed by atoms with van der Waals surface area (Å²) in [5.74, 6) is 0.483. The first-order chi connectivity index (χ1) is 15.5. The number of hydrogen-bond acceptors (Lipinski definition) is 8. The molecule has 0 bridgehead atoms. The maximum Gasteiger partial charge on any atom is 0.268 e. The van der Waals surface area contributed by atoms with Crippen molar-refractivity contribution in [3.63, 3.8) is 0 Å². The van der Waals surface area contributed by atoms with E-state index in [-0.39, 0.29) is 40.8 Å². The van der Waals surface area contributed by atoms with E-state index in [0.29, 0.717) is 22.7 Å². The highest BCUT2D eigenvalue weighted by molar-refractivity contribution is 5.81. The zero-order valence-electron chi connectivity index (χ0n) is 16.3. The lowest BCUT2D eigenvalue weighted by molar-refractivity contribution is 0.242. The summed E-state index contributed by atoms with van der Waals surface area (Å²) in [6.07, 6.45) is 0. The number of rotatable bonds is 5. The molecule has 0 fully saturated rings. The third-order valence-corrected chi connectivity index (χ3v) is 4.54. The van der Waals surface area contributed by atoms with Crippen LogP contribution in [0.3, 0.4) is 0 Å². The Bertz CT molecular complexity index is 1430. The van der Waals surface area contributed by atoms with Crippen LogP contribution in [-0.4, -0.2) is 15.1 Å². The van der Waals surface area contributed by atoms with E-state index >= 15 is 0 Å². The fourth-order valence-electron chi connectivity index (χ4n) is 3.02. The minimum absolute atomic E-state index is 0.000155. The molecule has 0 aliphatic heterocycles. The Hall–Kier alpha value is -4.96. The zero-order chi connectivity index (χ0) is 22.7. The molecule has 0 saturated heterocycles. The Balaban J connectivity index is 1.58. The lowest BCUT2D eigenvalue weighted by Crippen LogP contribution is -2.16. The second-order valence-electron chi connectivity index (χ2n) is 6.55. The predicted octanol–water partition coefficient (Wildman–Crippen LogP) is 3.14. The van der Waals surface area contributed by atoms with E-state index in [0.717, 1.165) is 0 Å². The summed E-state index contributed by atoms with van der Waals surface area (Å²) < 4.78 is 23.6. The number of anilines is 1. The third-order valence-electron chi connectivity index (χ3n) is 4.54. The van der Waals surface area contributed by atoms with Crippen molar-refractivity contribution >= 4 is 5.82 Å². The monoisotopic (exact) mass is 428 g/mol. The molecule has 2 aromatic heterocycles. The molecule has 0 aliphatic carbocycles. The highest BCUT2D eigenvalue weighted by atomic mass is 19.1. The highest BCUT2D eigenvalue weighted by Crippen LogP contribution is 2.29. The van der Waals surface area contributed by atoms with E-state index in [9.17, 15) is 19.7 Å². The molecule has 156 valence electrons. The molecule has 4 rings (SSSR count). The molecule has 0 saturated carbocycles. The van der Waals surface area contributed by atoms with Crippen molar-refractivity contribution in [2.75, 3.05) is 5.73 Å². The van der Waals surface area contributed by atoms with Gasteiger partial charge in [0.25, 0.3) is 11.4 Å². The van der Waals surface area contributed by atoms with Crippen molar-refractivity contribution in [1.82, 2.24) is 15.1 Å². The van der Waals surface area contributed by atoms with Crippen LogP contribution in [0.2, 0.25) is 0 Å². The van der Waals surface area contributed by atoms with E-state index in [4.69, 9.17) is 15.0 Å². The normalized spacial score (nSPS) is 10.3. The number of ether oxygens (including phenoxy) is 1. The van der Waals surface area contributed by atoms with Gasteiger partial charge in [-0.2, -0.15) is 15.5 Å². The number of nitrogens with one attached hydrogen (secondary N) is 1. The molecule has 32 heavy (non-hydrogen) atoms. The predicted molar refractivity (Wildman–Crippen MR) is 110 cm³/mol. The fraction of sp³-hybridized carbons (Fsp3) is 0.0455. The van der Waals surface area contributed by atoms with Crippen LogP contribution in [0.5, 0.6) is 5.75 Å². The molecule has 0 radical (unpaired) electrons. The Labute approximate surface area is 180 Å². The topological polar surface area (TPSA) is 155 Å². The van der Waals surface area contributed by atoms with Crippen molar-refractivity contribution < 1.29 is 13.7 Å². The Kier molecular flexibility index (Phi) is 5.35. The number of aromatic amines is 1. The van der Waals surface area contributed by atoms with Crippen LogP contribution >= 0.6 is 0 Å². The zero-order valence-corrected chi connectivity index (χ0v) is 16.3. The van der Waals surface area contributed by atoms with Crippen molar-refractivity contribution in [2.24, 2.45) is 0 Å². The number of nitrogens with two attached hydrogens (primary N) is 1. The number of H-pyrrole nitrogens is 1. The molecule has 10 heteroatoms. The van der Waals surface area contributed by atoms with Crippen molar-refractivity contribution in [1.29, 1.82) is 10.5 Å². The molecule has 9 nitrogen and oxygen atoms in total. The standard InChI is InChI=1S/C22H13FN6O3/c23-14-5-7-15(8-6-14)31-11-18-27-21(29-32-18)13-3-1-12(2-4-13)19-16(9-24)20(26)28-22(30)17(19)10-25/h1-8H,11H2,(H3,26,28,30). The van der Waals surface area contributed by atoms with E-state index in [1.807, 2.05) is 12.1 Å². The van der Waals surface area contributed by atoms with Gasteiger partial charge in [-0.05, 0) is 29.8 Å². The lowest BCUT2D eigenvalue weighted by atomic mass is 9.96. The molecule has 0 unspecified atom stereocenters. The maximum absolute atomic E-state index is 13.0. The Morgan fingerprint density at radius 3 is 2.34 bits per heavy atom. The number of halogens is 1. The van der Waals surface area contributed by atoms with Gasteiger partial charge in [0, 0.05) is 11.1 Å². The summed E-state index contributed by atoms with van der Waals surface area (Å²) in [4.78, 5) is 18.6. The van der Waals surface area contributed by atoms with Crippen molar-refractivity contribution in [3.8, 4) is 40.4 Å². The van der Waals surface area contributed by atoms with Gasteiger partial charge in [-0.1, -0.05) is 29.4 Å². The van der Waals surface area contributed by atoms with Gasteiger partial charge < -0.3 is 20.0 Å². The molecule has 0 spiro atoms. The average Bonchev–Trinajstić information content (AvgIpc) is 3.27. The van der Waals surface area contributed by atoms with Crippen LogP contribution in [0.1, 0.15) is 17.0 Å². The smallest absolute Gasteiger partial charge is 0.268 e. The van der Waals surface area contributed by atoms with Crippen LogP contribution < -0.4 is 16.0 Å². The van der Waals surface area contributed by atoms with Crippen LogP contribution in [0.15, 0.2) is 57.8 Å². The molecular weight excluding hydrogens is 415 g/mol. The number of benzene rings is 2. The summed E-state index contributed by atoms with van der Waals surface area (Å²) in [6, 6.07) is 15.8. The minimum atomic E-state index is -0.674. The number of nitrogen functional groups attached to an aromatic ring is 1. The largest absolute Gasteiger partial charge is 0.484 e. The Morgan fingerprint density at radius 1 is 1.03 bits per heavy atom. The number of nitrogens with zero attached hydrogens (tertiary/aromatic N) is 4. The van der Waals surface area contributed by atoms with Crippen molar-refractivity contribution in [2.45, 2.75) is 6.61 Å². The van der Waals surface area contributed by atoms with Gasteiger partial charge in [0.15, 0.2) is 6.61 Å². The van der Waals surface area contributed by atoms with Gasteiger partial charge in [0.05, 0.1) is 0 Å². The number of aromatic nitrogens is 3. The molecule has 0 amide bonds. The van der Waals surface area contributed by atoms with Crippen molar-refractivity contribution in [3.05, 3.63) is 81.7 Å². The van der Waals surface area contributed by atoms with E-state index < -0.39 is 5.56 Å². The molecular formula is C22H13FN6O3. The first-order valence-corrected chi connectivity index (χ1v) is 9.18. The molecule has 0 aliphatic rings. The van der Waals surface area contributed by atoms with E-state index in [2.05, 4.69) is 15.1 Å². The van der Waals surface area contributed by atoms with E-state index in [1.54, 1.807) is 24.3 Å². The summed E-state index contributed by atoms with van der Waals surface area (Å²) in [7, 11) is 0. The summed E-state index contributed by atoms with van der Waals surface area (Å²) in [5.41, 5.74) is 6.09. The minimum Gasteiger partial charge on any atom is -0.484 e. The molecule has 3 N–H and O–H groups in total. The van der Waals surface area contributed by atoms with Crippen LogP contribution in [0.4, 0.5) is 10.2 Å². The molecule has 4 aromatic rings. The van der Waals surface area contributed by atoms with Crippen LogP contribution in [0, 0.1) is 28.5 Å². The first-order valence-electron chi connectivity index (χ1n) is 9.18. The molecule has 0 atom stereocenters. The second-order valence-corrected chi connectivity index (χ2v) is 6.55. The number of nitriles is 2. The summed E-state index contributed by atoms with van der Waals surface area (Å²) in [6.45, 7) is -0.000155. The van der Waals surface area contributed by atoms with Gasteiger partial charge in [-0.25, -0.2) is 4.39 Å². The molecule has 2 aromatic carbocycles. The van der Waals surface area contributed by atoms with Crippen LogP contribution in [-0.2, 0) is 6.61 Å². The summed E-state index contributed by atoms with van der Waals surface area (Å²) >= 11 is 0.